The first-order chi connectivity index (χ1) is 7.48. The predicted octanol–water partition coefficient (Wildman–Crippen LogP) is 1.65. The largest absolute Gasteiger partial charge is 0.492 e. The third-order valence-electron chi connectivity index (χ3n) is 3.06. The number of aryl methyl sites for hydroxylation is 1. The van der Waals surface area contributed by atoms with Gasteiger partial charge in [-0.3, -0.25) is 4.90 Å². The number of nitrogens with zero attached hydrogens (tertiary/aromatic N) is 1. The molecule has 3 heteroatoms. The van der Waals surface area contributed by atoms with Crippen LogP contribution < -0.4 is 10.5 Å². The topological polar surface area (TPSA) is 38.5 Å². The molecule has 0 aliphatic rings. The van der Waals surface area contributed by atoms with Crippen molar-refractivity contribution in [2.75, 3.05) is 27.2 Å². The molecule has 16 heavy (non-hydrogen) atoms. The maximum atomic E-state index is 5.78. The Bertz CT molecular complexity index is 338. The van der Waals surface area contributed by atoms with E-state index in [1.807, 2.05) is 32.3 Å². The Kier molecular flexibility index (Phi) is 4.33. The Hall–Kier alpha value is -1.06. The minimum atomic E-state index is -0.121. The minimum Gasteiger partial charge on any atom is -0.492 e. The first-order valence-electron chi connectivity index (χ1n) is 5.55. The SMILES string of the molecule is Cc1cccc(OCC(C)(CN)N(C)C)c1. The lowest BCUT2D eigenvalue weighted by Crippen LogP contribution is -2.52. The normalized spacial score (nSPS) is 14.9. The molecule has 1 rings (SSSR count). The number of ether oxygens (including phenoxy) is 1. The monoisotopic (exact) mass is 222 g/mol. The van der Waals surface area contributed by atoms with E-state index in [1.54, 1.807) is 0 Å². The second-order valence-corrected chi connectivity index (χ2v) is 4.70. The van der Waals surface area contributed by atoms with Gasteiger partial charge in [0, 0.05) is 6.54 Å². The van der Waals surface area contributed by atoms with Gasteiger partial charge in [0.15, 0.2) is 0 Å². The molecule has 0 saturated carbocycles. The average Bonchev–Trinajstić information content (AvgIpc) is 2.26. The van der Waals surface area contributed by atoms with Crippen LogP contribution in [0.15, 0.2) is 24.3 Å². The number of rotatable bonds is 5. The van der Waals surface area contributed by atoms with Crippen molar-refractivity contribution in [3.63, 3.8) is 0 Å². The third-order valence-corrected chi connectivity index (χ3v) is 3.06. The maximum Gasteiger partial charge on any atom is 0.119 e. The highest BCUT2D eigenvalue weighted by molar-refractivity contribution is 5.27. The van der Waals surface area contributed by atoms with Crippen LogP contribution >= 0.6 is 0 Å². The van der Waals surface area contributed by atoms with Crippen LogP contribution in [0.2, 0.25) is 0 Å². The summed E-state index contributed by atoms with van der Waals surface area (Å²) in [6.07, 6.45) is 0. The summed E-state index contributed by atoms with van der Waals surface area (Å²) >= 11 is 0. The summed E-state index contributed by atoms with van der Waals surface area (Å²) in [7, 11) is 4.04. The zero-order valence-corrected chi connectivity index (χ0v) is 10.7. The van der Waals surface area contributed by atoms with Crippen LogP contribution in [0.5, 0.6) is 5.75 Å². The van der Waals surface area contributed by atoms with Gasteiger partial charge in [0.25, 0.3) is 0 Å². The highest BCUT2D eigenvalue weighted by Crippen LogP contribution is 2.16. The molecular formula is C13H22N2O. The van der Waals surface area contributed by atoms with E-state index in [9.17, 15) is 0 Å². The van der Waals surface area contributed by atoms with Gasteiger partial charge in [0.05, 0.1) is 5.54 Å². The minimum absolute atomic E-state index is 0.121. The van der Waals surface area contributed by atoms with E-state index in [0.29, 0.717) is 13.2 Å². The van der Waals surface area contributed by atoms with Gasteiger partial charge in [0.1, 0.15) is 12.4 Å². The molecule has 0 fully saturated rings. The van der Waals surface area contributed by atoms with Gasteiger partial charge >= 0.3 is 0 Å². The van der Waals surface area contributed by atoms with Crippen molar-refractivity contribution in [1.29, 1.82) is 0 Å². The predicted molar refractivity (Wildman–Crippen MR) is 67.8 cm³/mol. The summed E-state index contributed by atoms with van der Waals surface area (Å²) in [4.78, 5) is 2.10. The standard InChI is InChI=1S/C13H22N2O/c1-11-6-5-7-12(8-11)16-10-13(2,9-14)15(3)4/h5-8H,9-10,14H2,1-4H3. The molecule has 0 amide bonds. The Balaban J connectivity index is 2.63. The Labute approximate surface area is 98.2 Å². The highest BCUT2D eigenvalue weighted by Gasteiger charge is 2.26. The van der Waals surface area contributed by atoms with Crippen molar-refractivity contribution >= 4 is 0 Å². The number of nitrogens with two attached hydrogens (primary N) is 1. The molecule has 0 spiro atoms. The van der Waals surface area contributed by atoms with Gasteiger partial charge in [0.2, 0.25) is 0 Å². The van der Waals surface area contributed by atoms with Crippen molar-refractivity contribution in [3.8, 4) is 5.75 Å². The summed E-state index contributed by atoms with van der Waals surface area (Å²) < 4.78 is 5.78. The van der Waals surface area contributed by atoms with Gasteiger partial charge in [-0.2, -0.15) is 0 Å². The van der Waals surface area contributed by atoms with Crippen molar-refractivity contribution < 1.29 is 4.74 Å². The molecule has 1 aromatic rings. The second kappa shape index (κ2) is 5.32. The van der Waals surface area contributed by atoms with E-state index in [0.717, 1.165) is 5.75 Å². The van der Waals surface area contributed by atoms with Gasteiger partial charge in [-0.1, -0.05) is 12.1 Å². The Morgan fingerprint density at radius 2 is 2.06 bits per heavy atom. The molecule has 0 radical (unpaired) electrons. The number of hydrogen-bond acceptors (Lipinski definition) is 3. The molecule has 1 atom stereocenters. The van der Waals surface area contributed by atoms with Gasteiger partial charge in [-0.05, 0) is 45.6 Å². The van der Waals surface area contributed by atoms with Crippen molar-refractivity contribution in [1.82, 2.24) is 4.90 Å². The average molecular weight is 222 g/mol. The van der Waals surface area contributed by atoms with Crippen LogP contribution in [0.25, 0.3) is 0 Å². The zero-order valence-electron chi connectivity index (χ0n) is 10.7. The van der Waals surface area contributed by atoms with Gasteiger partial charge in [-0.25, -0.2) is 0 Å². The second-order valence-electron chi connectivity index (χ2n) is 4.70. The molecule has 0 aliphatic carbocycles. The fourth-order valence-electron chi connectivity index (χ4n) is 1.31. The molecule has 2 N–H and O–H groups in total. The molecule has 0 aliphatic heterocycles. The van der Waals surface area contributed by atoms with E-state index in [-0.39, 0.29) is 5.54 Å². The van der Waals surface area contributed by atoms with E-state index in [4.69, 9.17) is 10.5 Å². The summed E-state index contributed by atoms with van der Waals surface area (Å²) in [6, 6.07) is 8.06. The lowest BCUT2D eigenvalue weighted by atomic mass is 10.0. The molecule has 0 saturated heterocycles. The summed E-state index contributed by atoms with van der Waals surface area (Å²) in [5, 5.41) is 0. The zero-order chi connectivity index (χ0) is 12.2. The Morgan fingerprint density at radius 1 is 1.38 bits per heavy atom. The maximum absolute atomic E-state index is 5.78. The first-order valence-corrected chi connectivity index (χ1v) is 5.55. The molecule has 1 unspecified atom stereocenters. The number of hydrogen-bond donors (Lipinski definition) is 1. The lowest BCUT2D eigenvalue weighted by Gasteiger charge is -2.34. The van der Waals surface area contributed by atoms with E-state index in [2.05, 4.69) is 24.8 Å². The fourth-order valence-corrected chi connectivity index (χ4v) is 1.31. The molecular weight excluding hydrogens is 200 g/mol. The first kappa shape index (κ1) is 13.0. The van der Waals surface area contributed by atoms with Crippen LogP contribution in [0.3, 0.4) is 0 Å². The van der Waals surface area contributed by atoms with Crippen LogP contribution in [-0.4, -0.2) is 37.7 Å². The summed E-state index contributed by atoms with van der Waals surface area (Å²) in [5.74, 6) is 0.904. The molecule has 0 heterocycles. The molecule has 90 valence electrons. The van der Waals surface area contributed by atoms with Crippen molar-refractivity contribution in [3.05, 3.63) is 29.8 Å². The van der Waals surface area contributed by atoms with Crippen LogP contribution in [0, 0.1) is 6.92 Å². The molecule has 0 bridgehead atoms. The lowest BCUT2D eigenvalue weighted by molar-refractivity contribution is 0.104. The molecule has 0 aromatic heterocycles. The van der Waals surface area contributed by atoms with Crippen molar-refractivity contribution in [2.45, 2.75) is 19.4 Å². The van der Waals surface area contributed by atoms with E-state index in [1.165, 1.54) is 5.56 Å². The van der Waals surface area contributed by atoms with Gasteiger partial charge in [-0.15, -0.1) is 0 Å². The smallest absolute Gasteiger partial charge is 0.119 e. The highest BCUT2D eigenvalue weighted by atomic mass is 16.5. The summed E-state index contributed by atoms with van der Waals surface area (Å²) in [5.41, 5.74) is 6.86. The number of benzene rings is 1. The van der Waals surface area contributed by atoms with Crippen LogP contribution in [-0.2, 0) is 0 Å². The third kappa shape index (κ3) is 3.22. The molecule has 1 aromatic carbocycles. The van der Waals surface area contributed by atoms with E-state index >= 15 is 0 Å². The molecule has 3 nitrogen and oxygen atoms in total. The van der Waals surface area contributed by atoms with Crippen LogP contribution in [0.4, 0.5) is 0 Å². The van der Waals surface area contributed by atoms with Crippen molar-refractivity contribution in [2.24, 2.45) is 5.73 Å². The number of likely N-dealkylation sites (N-methyl/N-ethyl adjacent to an activating group) is 1. The Morgan fingerprint density at radius 3 is 2.56 bits per heavy atom. The quantitative estimate of drug-likeness (QED) is 0.823. The van der Waals surface area contributed by atoms with Crippen LogP contribution in [0.1, 0.15) is 12.5 Å². The fraction of sp³-hybridized carbons (Fsp3) is 0.538. The van der Waals surface area contributed by atoms with Gasteiger partial charge < -0.3 is 10.5 Å². The van der Waals surface area contributed by atoms with E-state index < -0.39 is 0 Å². The summed E-state index contributed by atoms with van der Waals surface area (Å²) in [6.45, 7) is 5.33.